The quantitative estimate of drug-likeness (QED) is 0.443. The van der Waals surface area contributed by atoms with E-state index in [0.717, 1.165) is 42.3 Å². The Morgan fingerprint density at radius 3 is 2.63 bits per heavy atom. The maximum Gasteiger partial charge on any atom is 0.275 e. The van der Waals surface area contributed by atoms with Crippen LogP contribution in [0, 0.1) is 6.92 Å². The van der Waals surface area contributed by atoms with Crippen LogP contribution in [0.4, 0.5) is 0 Å². The average Bonchev–Trinajstić information content (AvgIpc) is 3.49. The van der Waals surface area contributed by atoms with E-state index in [-0.39, 0.29) is 23.6 Å². The fraction of sp³-hybridized carbons (Fsp3) is 0.333. The Morgan fingerprint density at radius 2 is 1.89 bits per heavy atom. The second kappa shape index (κ2) is 9.37. The third-order valence-electron chi connectivity index (χ3n) is 6.88. The number of carbonyl (C=O) groups excluding carboxylic acids is 1. The number of fused-ring (bicyclic) bond motifs is 1. The van der Waals surface area contributed by atoms with Gasteiger partial charge in [-0.25, -0.2) is 4.98 Å². The van der Waals surface area contributed by atoms with Crippen LogP contribution in [0.25, 0.3) is 11.0 Å². The van der Waals surface area contributed by atoms with E-state index < -0.39 is 11.3 Å². The van der Waals surface area contributed by atoms with Gasteiger partial charge >= 0.3 is 0 Å². The molecule has 0 spiro atoms. The lowest BCUT2D eigenvalue weighted by molar-refractivity contribution is 0.0952. The molecule has 4 aromatic rings. The second-order valence-electron chi connectivity index (χ2n) is 9.21. The number of carbonyl (C=O) groups is 1. The molecule has 5 rings (SSSR count). The van der Waals surface area contributed by atoms with Crippen molar-refractivity contribution >= 4 is 16.9 Å². The van der Waals surface area contributed by atoms with Crippen LogP contribution in [0.2, 0.25) is 0 Å². The Hall–Kier alpha value is -3.94. The Labute approximate surface area is 203 Å². The smallest absolute Gasteiger partial charge is 0.275 e. The molecule has 8 heteroatoms. The molecule has 0 bridgehead atoms. The molecule has 0 unspecified atom stereocenters. The van der Waals surface area contributed by atoms with Crippen molar-refractivity contribution in [2.24, 2.45) is 0 Å². The number of nitrogens with one attached hydrogen (secondary N) is 1. The molecule has 1 saturated carbocycles. The van der Waals surface area contributed by atoms with Crippen molar-refractivity contribution in [1.29, 1.82) is 0 Å². The summed E-state index contributed by atoms with van der Waals surface area (Å²) in [6.07, 6.45) is 9.70. The Kier molecular flexibility index (Phi) is 6.11. The van der Waals surface area contributed by atoms with Crippen molar-refractivity contribution in [2.45, 2.75) is 51.3 Å². The normalized spacial score (nSPS) is 14.8. The van der Waals surface area contributed by atoms with Crippen molar-refractivity contribution in [3.63, 3.8) is 0 Å². The molecule has 0 atom stereocenters. The lowest BCUT2D eigenvalue weighted by Crippen LogP contribution is -2.38. The molecule has 3 aromatic heterocycles. The topological polar surface area (TPSA) is 91.0 Å². The molecule has 1 amide bonds. The zero-order chi connectivity index (χ0) is 24.4. The maximum absolute atomic E-state index is 13.0. The van der Waals surface area contributed by atoms with Gasteiger partial charge < -0.3 is 14.6 Å². The molecule has 8 nitrogen and oxygen atoms in total. The summed E-state index contributed by atoms with van der Waals surface area (Å²) >= 11 is 0. The summed E-state index contributed by atoms with van der Waals surface area (Å²) in [5, 5.41) is 8.11. The molecule has 1 aromatic carbocycles. The monoisotopic (exact) mass is 471 g/mol. The molecule has 35 heavy (non-hydrogen) atoms. The van der Waals surface area contributed by atoms with Gasteiger partial charge in [-0.2, -0.15) is 5.10 Å². The van der Waals surface area contributed by atoms with Gasteiger partial charge in [0.2, 0.25) is 0 Å². The maximum atomic E-state index is 13.0. The van der Waals surface area contributed by atoms with E-state index in [1.807, 2.05) is 42.6 Å². The number of benzene rings is 1. The van der Waals surface area contributed by atoms with Crippen LogP contribution in [0.15, 0.2) is 65.8 Å². The van der Waals surface area contributed by atoms with Gasteiger partial charge in [-0.3, -0.25) is 14.3 Å². The van der Waals surface area contributed by atoms with E-state index in [9.17, 15) is 9.59 Å². The second-order valence-corrected chi connectivity index (χ2v) is 9.21. The fourth-order valence-electron chi connectivity index (χ4n) is 5.09. The zero-order valence-corrected chi connectivity index (χ0v) is 20.0. The van der Waals surface area contributed by atoms with Crippen LogP contribution < -0.4 is 15.5 Å². The number of hydrogen-bond acceptors (Lipinski definition) is 5. The van der Waals surface area contributed by atoms with Gasteiger partial charge in [0.1, 0.15) is 12.3 Å². The predicted octanol–water partition coefficient (Wildman–Crippen LogP) is 3.81. The van der Waals surface area contributed by atoms with E-state index >= 15 is 0 Å². The van der Waals surface area contributed by atoms with Gasteiger partial charge in [0, 0.05) is 24.8 Å². The number of aromatic nitrogens is 4. The third-order valence-corrected chi connectivity index (χ3v) is 6.88. The molecule has 1 aliphatic rings. The van der Waals surface area contributed by atoms with Gasteiger partial charge in [0.05, 0.1) is 18.3 Å². The van der Waals surface area contributed by atoms with Crippen LogP contribution in [0.5, 0.6) is 5.75 Å². The van der Waals surface area contributed by atoms with Crippen molar-refractivity contribution in [3.8, 4) is 5.75 Å². The molecule has 1 N–H and O–H groups in total. The van der Waals surface area contributed by atoms with Crippen molar-refractivity contribution in [3.05, 3.63) is 88.1 Å². The highest BCUT2D eigenvalue weighted by molar-refractivity contribution is 5.92. The van der Waals surface area contributed by atoms with E-state index in [0.29, 0.717) is 6.54 Å². The van der Waals surface area contributed by atoms with Gasteiger partial charge in [0.15, 0.2) is 11.4 Å². The standard InChI is InChI=1S/C27H29N5O3/c1-19-15-32(25-21(19)11-8-14-29-25)27(12-6-7-13-27)18-31-16-22(24(33)23(30-31)26(34)28-2)35-17-20-9-4-3-5-10-20/h3-5,8-11,14-16H,6-7,12-13,17-18H2,1-2H3,(H,28,34). The zero-order valence-electron chi connectivity index (χ0n) is 20.0. The first-order valence-electron chi connectivity index (χ1n) is 11.9. The van der Waals surface area contributed by atoms with Gasteiger partial charge in [-0.05, 0) is 43.0 Å². The van der Waals surface area contributed by atoms with Gasteiger partial charge in [-0.15, -0.1) is 0 Å². The lowest BCUT2D eigenvalue weighted by Gasteiger charge is -2.32. The highest BCUT2D eigenvalue weighted by atomic mass is 16.5. The SMILES string of the molecule is CNC(=O)c1nn(CC2(n3cc(C)c4cccnc43)CCCC2)cc(OCc2ccccc2)c1=O. The summed E-state index contributed by atoms with van der Waals surface area (Å²) in [6.45, 7) is 2.82. The summed E-state index contributed by atoms with van der Waals surface area (Å²) in [5.74, 6) is -0.416. The van der Waals surface area contributed by atoms with Crippen LogP contribution in [0.1, 0.15) is 47.3 Å². The highest BCUT2D eigenvalue weighted by Gasteiger charge is 2.38. The number of nitrogens with zero attached hydrogens (tertiary/aromatic N) is 4. The molecule has 1 fully saturated rings. The van der Waals surface area contributed by atoms with E-state index in [2.05, 4.69) is 39.2 Å². The van der Waals surface area contributed by atoms with Gasteiger partial charge in [-0.1, -0.05) is 43.2 Å². The number of amides is 1. The van der Waals surface area contributed by atoms with Crippen molar-refractivity contribution in [1.82, 2.24) is 24.6 Å². The molecular formula is C27H29N5O3. The summed E-state index contributed by atoms with van der Waals surface area (Å²) < 4.78 is 9.87. The Balaban J connectivity index is 1.55. The van der Waals surface area contributed by atoms with Crippen LogP contribution in [-0.2, 0) is 18.7 Å². The van der Waals surface area contributed by atoms with Crippen molar-refractivity contribution < 1.29 is 9.53 Å². The Bertz CT molecular complexity index is 1420. The molecule has 0 saturated heterocycles. The lowest BCUT2D eigenvalue weighted by atomic mass is 9.97. The summed E-state index contributed by atoms with van der Waals surface area (Å²) in [6, 6.07) is 13.7. The number of aryl methyl sites for hydroxylation is 1. The number of hydrogen-bond donors (Lipinski definition) is 1. The van der Waals surface area contributed by atoms with E-state index in [1.165, 1.54) is 12.6 Å². The minimum Gasteiger partial charge on any atom is -0.483 e. The number of pyridine rings is 1. The number of rotatable bonds is 7. The third kappa shape index (κ3) is 4.32. The van der Waals surface area contributed by atoms with E-state index in [4.69, 9.17) is 4.74 Å². The van der Waals surface area contributed by atoms with Crippen LogP contribution >= 0.6 is 0 Å². The van der Waals surface area contributed by atoms with Crippen LogP contribution in [-0.4, -0.2) is 32.3 Å². The molecule has 1 aliphatic carbocycles. The molecule has 180 valence electrons. The fourth-order valence-corrected chi connectivity index (χ4v) is 5.09. The predicted molar refractivity (Wildman–Crippen MR) is 134 cm³/mol. The minimum atomic E-state index is -0.529. The van der Waals surface area contributed by atoms with Crippen LogP contribution in [0.3, 0.4) is 0 Å². The van der Waals surface area contributed by atoms with Crippen molar-refractivity contribution in [2.75, 3.05) is 7.05 Å². The first-order chi connectivity index (χ1) is 17.0. The van der Waals surface area contributed by atoms with E-state index in [1.54, 1.807) is 10.9 Å². The molecular weight excluding hydrogens is 442 g/mol. The summed E-state index contributed by atoms with van der Waals surface area (Å²) in [4.78, 5) is 30.2. The molecule has 0 aliphatic heterocycles. The van der Waals surface area contributed by atoms with Gasteiger partial charge in [0.25, 0.3) is 11.3 Å². The summed E-state index contributed by atoms with van der Waals surface area (Å²) in [7, 11) is 1.49. The molecule has 0 radical (unpaired) electrons. The minimum absolute atomic E-state index is 0.113. The first kappa shape index (κ1) is 22.8. The highest BCUT2D eigenvalue weighted by Crippen LogP contribution is 2.40. The summed E-state index contributed by atoms with van der Waals surface area (Å²) in [5.41, 5.74) is 2.10. The Morgan fingerprint density at radius 1 is 1.11 bits per heavy atom. The molecule has 3 heterocycles. The first-order valence-corrected chi connectivity index (χ1v) is 11.9. The number of ether oxygens (including phenoxy) is 1. The largest absolute Gasteiger partial charge is 0.483 e. The average molecular weight is 472 g/mol.